The molecule has 1 aliphatic rings. The monoisotopic (exact) mass is 761 g/mol. The number of pyridine rings is 1. The first-order valence-corrected chi connectivity index (χ1v) is 17.3. The third-order valence-electron chi connectivity index (χ3n) is 7.30. The summed E-state index contributed by atoms with van der Waals surface area (Å²) in [5, 5.41) is 2.85. The van der Waals surface area contributed by atoms with E-state index in [9.17, 15) is 13.2 Å². The number of amides is 1. The maximum absolute atomic E-state index is 15.7. The number of aromatic nitrogens is 1. The molecule has 1 amide bonds. The molecule has 0 spiro atoms. The van der Waals surface area contributed by atoms with Gasteiger partial charge in [0.05, 0.1) is 28.6 Å². The van der Waals surface area contributed by atoms with Crippen LogP contribution in [0.15, 0.2) is 47.5 Å². The number of anilines is 2. The standard InChI is InChI=1S/C30H35ClF2IN5O4S/c1-3-39(4-2)14-6-8-24-20(7-5-13-35-24)17-36-44(41,42)26-16-22(30(40)38-43-18-19-9-10-19)29(28(33)27(26)32)37-25-12-11-21(34)15-23(25)31/h5,7,11-13,15-16,19,36-37H,3-4,6,8-10,14,17-18H2,1-2H3,(H,38,40). The largest absolute Gasteiger partial charge is 0.351 e. The van der Waals surface area contributed by atoms with Gasteiger partial charge in [-0.1, -0.05) is 31.5 Å². The fraction of sp³-hybridized carbons (Fsp3) is 0.400. The van der Waals surface area contributed by atoms with Crippen molar-refractivity contribution in [3.63, 3.8) is 0 Å². The van der Waals surface area contributed by atoms with Crippen LogP contribution in [-0.4, -0.2) is 50.5 Å². The second-order valence-electron chi connectivity index (χ2n) is 10.4. The van der Waals surface area contributed by atoms with E-state index >= 15 is 8.78 Å². The predicted octanol–water partition coefficient (Wildman–Crippen LogP) is 6.19. The molecule has 3 N–H and O–H groups in total. The van der Waals surface area contributed by atoms with Gasteiger partial charge in [-0.3, -0.25) is 14.6 Å². The Balaban J connectivity index is 1.60. The molecule has 1 heterocycles. The number of sulfonamides is 1. The van der Waals surface area contributed by atoms with Crippen molar-refractivity contribution in [3.8, 4) is 0 Å². The minimum atomic E-state index is -4.63. The molecule has 1 fully saturated rings. The maximum atomic E-state index is 15.7. The minimum Gasteiger partial charge on any atom is -0.351 e. The van der Waals surface area contributed by atoms with E-state index < -0.39 is 43.7 Å². The summed E-state index contributed by atoms with van der Waals surface area (Å²) in [6.45, 7) is 6.92. The number of benzene rings is 2. The van der Waals surface area contributed by atoms with Crippen LogP contribution >= 0.6 is 34.2 Å². The predicted molar refractivity (Wildman–Crippen MR) is 174 cm³/mol. The molecule has 0 atom stereocenters. The number of aryl methyl sites for hydroxylation is 1. The molecule has 14 heteroatoms. The zero-order valence-electron chi connectivity index (χ0n) is 24.4. The fourth-order valence-corrected chi connectivity index (χ4v) is 6.51. The fourth-order valence-electron chi connectivity index (χ4n) is 4.51. The van der Waals surface area contributed by atoms with E-state index in [1.54, 1.807) is 30.5 Å². The molecule has 0 radical (unpaired) electrons. The van der Waals surface area contributed by atoms with Gasteiger partial charge in [-0.25, -0.2) is 27.4 Å². The Morgan fingerprint density at radius 3 is 2.59 bits per heavy atom. The summed E-state index contributed by atoms with van der Waals surface area (Å²) in [7, 11) is -4.63. The third-order valence-corrected chi connectivity index (χ3v) is 9.68. The van der Waals surface area contributed by atoms with Crippen LogP contribution in [0, 0.1) is 21.1 Å². The molecule has 44 heavy (non-hydrogen) atoms. The van der Waals surface area contributed by atoms with Crippen molar-refractivity contribution in [1.82, 2.24) is 20.1 Å². The molecule has 4 rings (SSSR count). The van der Waals surface area contributed by atoms with Crippen LogP contribution in [0.5, 0.6) is 0 Å². The number of hydrogen-bond acceptors (Lipinski definition) is 7. The van der Waals surface area contributed by atoms with Gasteiger partial charge < -0.3 is 10.2 Å². The Labute approximate surface area is 275 Å². The van der Waals surface area contributed by atoms with E-state index in [0.717, 1.165) is 48.5 Å². The number of hydroxylamine groups is 1. The van der Waals surface area contributed by atoms with Gasteiger partial charge in [0.25, 0.3) is 5.91 Å². The van der Waals surface area contributed by atoms with Gasteiger partial charge in [0.2, 0.25) is 10.0 Å². The lowest BCUT2D eigenvalue weighted by Gasteiger charge is -2.18. The molecule has 9 nitrogen and oxygen atoms in total. The molecule has 1 aromatic heterocycles. The summed E-state index contributed by atoms with van der Waals surface area (Å²) in [4.78, 5) is 24.0. The van der Waals surface area contributed by atoms with Crippen molar-refractivity contribution < 1.29 is 26.8 Å². The van der Waals surface area contributed by atoms with E-state index in [0.29, 0.717) is 23.6 Å². The zero-order chi connectivity index (χ0) is 31.9. The van der Waals surface area contributed by atoms with Crippen molar-refractivity contribution >= 4 is 61.5 Å². The Morgan fingerprint density at radius 1 is 1.16 bits per heavy atom. The van der Waals surface area contributed by atoms with Crippen LogP contribution in [0.2, 0.25) is 5.02 Å². The molecule has 3 aromatic rings. The lowest BCUT2D eigenvalue weighted by atomic mass is 10.1. The van der Waals surface area contributed by atoms with Crippen LogP contribution in [0.25, 0.3) is 0 Å². The van der Waals surface area contributed by atoms with Gasteiger partial charge in [-0.15, -0.1) is 0 Å². The van der Waals surface area contributed by atoms with E-state index in [4.69, 9.17) is 16.4 Å². The number of carbonyl (C=O) groups excluding carboxylic acids is 1. The van der Waals surface area contributed by atoms with Gasteiger partial charge in [-0.05, 0) is 110 Å². The summed E-state index contributed by atoms with van der Waals surface area (Å²) in [5.41, 5.74) is 2.66. The number of hydrogen-bond donors (Lipinski definition) is 3. The molecule has 1 aliphatic carbocycles. The first-order chi connectivity index (χ1) is 21.0. The topological polar surface area (TPSA) is 113 Å². The molecule has 0 bridgehead atoms. The molecular weight excluding hydrogens is 727 g/mol. The van der Waals surface area contributed by atoms with Crippen LogP contribution in [0.1, 0.15) is 54.7 Å². The summed E-state index contributed by atoms with van der Waals surface area (Å²) in [6.07, 6.45) is 4.98. The average molecular weight is 762 g/mol. The van der Waals surface area contributed by atoms with Crippen LogP contribution in [0.3, 0.4) is 0 Å². The number of halogens is 4. The molecular formula is C30H35ClF2IN5O4S. The highest BCUT2D eigenvalue weighted by Crippen LogP contribution is 2.34. The van der Waals surface area contributed by atoms with E-state index in [1.165, 1.54) is 6.07 Å². The first-order valence-electron chi connectivity index (χ1n) is 14.3. The van der Waals surface area contributed by atoms with Gasteiger partial charge in [0, 0.05) is 22.0 Å². The van der Waals surface area contributed by atoms with Gasteiger partial charge in [0.1, 0.15) is 4.90 Å². The Hall–Kier alpha value is -2.43. The summed E-state index contributed by atoms with van der Waals surface area (Å²) >= 11 is 8.32. The van der Waals surface area contributed by atoms with Crippen molar-refractivity contribution in [2.24, 2.45) is 5.92 Å². The van der Waals surface area contributed by atoms with Crippen LogP contribution < -0.4 is 15.5 Å². The highest BCUT2D eigenvalue weighted by molar-refractivity contribution is 14.1. The van der Waals surface area contributed by atoms with Crippen molar-refractivity contribution in [3.05, 3.63) is 79.6 Å². The first kappa shape index (κ1) is 34.4. The Kier molecular flexibility index (Phi) is 12.3. The van der Waals surface area contributed by atoms with E-state index in [2.05, 4.69) is 39.3 Å². The SMILES string of the molecule is CCN(CC)CCCc1ncccc1CNS(=O)(=O)c1cc(C(=O)NOCC2CC2)c(Nc2ccc(I)cc2Cl)c(F)c1F. The van der Waals surface area contributed by atoms with E-state index in [-0.39, 0.29) is 23.9 Å². The molecule has 238 valence electrons. The van der Waals surface area contributed by atoms with E-state index in [1.807, 2.05) is 22.6 Å². The summed E-state index contributed by atoms with van der Waals surface area (Å²) in [5.74, 6) is -3.86. The number of nitrogens with one attached hydrogen (secondary N) is 3. The van der Waals surface area contributed by atoms with Crippen LogP contribution in [0.4, 0.5) is 20.2 Å². The van der Waals surface area contributed by atoms with Gasteiger partial charge >= 0.3 is 0 Å². The third kappa shape index (κ3) is 9.07. The molecule has 2 aromatic carbocycles. The lowest BCUT2D eigenvalue weighted by molar-refractivity contribution is 0.0270. The normalized spacial score (nSPS) is 13.3. The summed E-state index contributed by atoms with van der Waals surface area (Å²) in [6, 6.07) is 9.00. The quantitative estimate of drug-likeness (QED) is 0.118. The van der Waals surface area contributed by atoms with Gasteiger partial charge in [-0.2, -0.15) is 0 Å². The highest BCUT2D eigenvalue weighted by atomic mass is 127. The molecule has 0 aliphatic heterocycles. The number of carbonyl (C=O) groups is 1. The zero-order valence-corrected chi connectivity index (χ0v) is 28.2. The van der Waals surface area contributed by atoms with Crippen molar-refractivity contribution in [2.45, 2.75) is 51.0 Å². The Bertz CT molecular complexity index is 1590. The molecule has 0 saturated heterocycles. The van der Waals surface area contributed by atoms with Crippen molar-refractivity contribution in [1.29, 1.82) is 0 Å². The van der Waals surface area contributed by atoms with Crippen molar-refractivity contribution in [2.75, 3.05) is 31.6 Å². The lowest BCUT2D eigenvalue weighted by Crippen LogP contribution is -2.29. The highest BCUT2D eigenvalue weighted by Gasteiger charge is 2.30. The smallest absolute Gasteiger partial charge is 0.277 e. The maximum Gasteiger partial charge on any atom is 0.277 e. The molecule has 0 unspecified atom stereocenters. The van der Waals surface area contributed by atoms with Crippen LogP contribution in [-0.2, 0) is 27.8 Å². The number of nitrogens with zero attached hydrogens (tertiary/aromatic N) is 2. The number of rotatable bonds is 16. The average Bonchev–Trinajstić information content (AvgIpc) is 3.83. The summed E-state index contributed by atoms with van der Waals surface area (Å²) < 4.78 is 61.0. The minimum absolute atomic E-state index is 0.191. The Morgan fingerprint density at radius 2 is 1.91 bits per heavy atom. The van der Waals surface area contributed by atoms with Gasteiger partial charge in [0.15, 0.2) is 11.6 Å². The molecule has 1 saturated carbocycles. The second kappa shape index (κ2) is 15.7. The second-order valence-corrected chi connectivity index (χ2v) is 13.8.